The van der Waals surface area contributed by atoms with Gasteiger partial charge < -0.3 is 9.80 Å². The van der Waals surface area contributed by atoms with Crippen molar-refractivity contribution in [3.05, 3.63) is 17.8 Å². The molecule has 0 saturated carbocycles. The molecule has 0 amide bonds. The number of hydrogen-bond acceptors (Lipinski definition) is 6. The van der Waals surface area contributed by atoms with Gasteiger partial charge in [0.25, 0.3) is 0 Å². The summed E-state index contributed by atoms with van der Waals surface area (Å²) in [5.41, 5.74) is 0. The molecule has 2 aromatic rings. The fourth-order valence-corrected chi connectivity index (χ4v) is 3.85. The van der Waals surface area contributed by atoms with E-state index in [0.29, 0.717) is 0 Å². The molecular weight excluding hydrogens is 314 g/mol. The Morgan fingerprint density at radius 1 is 1.23 bits per heavy atom. The van der Waals surface area contributed by atoms with Crippen LogP contribution in [0.25, 0.3) is 10.2 Å². The fourth-order valence-electron chi connectivity index (χ4n) is 2.50. The van der Waals surface area contributed by atoms with E-state index >= 15 is 0 Å². The van der Waals surface area contributed by atoms with Crippen LogP contribution in [0.4, 0.5) is 5.82 Å². The Labute approximate surface area is 140 Å². The molecule has 0 radical (unpaired) electrons. The first-order valence-corrected chi connectivity index (χ1v) is 9.63. The Hall–Kier alpha value is -1.34. The fraction of sp³-hybridized carbons (Fsp3) is 0.533. The average Bonchev–Trinajstić information content (AvgIpc) is 3.07. The van der Waals surface area contributed by atoms with Crippen LogP contribution in [0, 0.1) is 0 Å². The molecule has 7 heteroatoms. The number of nitrogens with zero attached hydrogens (tertiary/aromatic N) is 5. The summed E-state index contributed by atoms with van der Waals surface area (Å²) >= 11 is 3.38. The van der Waals surface area contributed by atoms with E-state index in [-0.39, 0.29) is 0 Å². The molecule has 120 valence electrons. The molecule has 0 unspecified atom stereocenters. The van der Waals surface area contributed by atoms with Gasteiger partial charge in [-0.25, -0.2) is 9.97 Å². The lowest BCUT2D eigenvalue weighted by molar-refractivity contribution is 0.391. The SMILES string of the molecule is CC.CN=C(SC)N1CCN(c2ncnc3sccc23)CC1. The maximum Gasteiger partial charge on any atom is 0.158 e. The van der Waals surface area contributed by atoms with E-state index in [1.54, 1.807) is 29.4 Å². The maximum absolute atomic E-state index is 4.48. The number of thiophene rings is 1. The van der Waals surface area contributed by atoms with Crippen LogP contribution in [0.15, 0.2) is 22.8 Å². The van der Waals surface area contributed by atoms with Crippen LogP contribution >= 0.6 is 23.1 Å². The van der Waals surface area contributed by atoms with Gasteiger partial charge in [0, 0.05) is 33.2 Å². The molecule has 0 N–H and O–H groups in total. The van der Waals surface area contributed by atoms with Gasteiger partial charge in [-0.2, -0.15) is 0 Å². The second-order valence-electron chi connectivity index (χ2n) is 4.52. The molecule has 22 heavy (non-hydrogen) atoms. The highest BCUT2D eigenvalue weighted by Crippen LogP contribution is 2.27. The average molecular weight is 338 g/mol. The number of rotatable bonds is 1. The van der Waals surface area contributed by atoms with Crippen molar-refractivity contribution in [1.29, 1.82) is 0 Å². The van der Waals surface area contributed by atoms with Crippen LogP contribution in [-0.2, 0) is 0 Å². The predicted octanol–water partition coefficient (Wildman–Crippen LogP) is 3.19. The summed E-state index contributed by atoms with van der Waals surface area (Å²) in [6.07, 6.45) is 3.75. The van der Waals surface area contributed by atoms with Gasteiger partial charge in [0.2, 0.25) is 0 Å². The first-order valence-electron chi connectivity index (χ1n) is 7.52. The first kappa shape index (κ1) is 17.0. The number of aromatic nitrogens is 2. The summed E-state index contributed by atoms with van der Waals surface area (Å²) in [6, 6.07) is 2.11. The number of anilines is 1. The summed E-state index contributed by atoms with van der Waals surface area (Å²) in [4.78, 5) is 18.9. The van der Waals surface area contributed by atoms with Gasteiger partial charge in [0.05, 0.1) is 5.39 Å². The van der Waals surface area contributed by atoms with Crippen molar-refractivity contribution in [3.8, 4) is 0 Å². The van der Waals surface area contributed by atoms with Crippen LogP contribution < -0.4 is 4.90 Å². The van der Waals surface area contributed by atoms with E-state index in [1.165, 1.54) is 5.39 Å². The molecule has 2 aromatic heterocycles. The minimum Gasteiger partial charge on any atom is -0.352 e. The number of hydrogen-bond donors (Lipinski definition) is 0. The van der Waals surface area contributed by atoms with Crippen molar-refractivity contribution >= 4 is 44.3 Å². The molecule has 0 atom stereocenters. The van der Waals surface area contributed by atoms with Crippen LogP contribution in [0.1, 0.15) is 13.8 Å². The van der Waals surface area contributed by atoms with Gasteiger partial charge in [-0.1, -0.05) is 25.6 Å². The number of amidine groups is 1. The zero-order valence-electron chi connectivity index (χ0n) is 13.6. The van der Waals surface area contributed by atoms with Crippen molar-refractivity contribution < 1.29 is 0 Å². The molecule has 3 rings (SSSR count). The third kappa shape index (κ3) is 3.52. The molecular formula is C15H23N5S2. The number of piperazine rings is 1. The Kier molecular flexibility index (Phi) is 6.45. The van der Waals surface area contributed by atoms with Gasteiger partial charge in [-0.05, 0) is 17.7 Å². The van der Waals surface area contributed by atoms with Crippen molar-refractivity contribution in [2.75, 3.05) is 44.4 Å². The van der Waals surface area contributed by atoms with Crippen LogP contribution in [0.3, 0.4) is 0 Å². The Morgan fingerprint density at radius 2 is 1.95 bits per heavy atom. The van der Waals surface area contributed by atoms with Crippen molar-refractivity contribution in [2.45, 2.75) is 13.8 Å². The third-order valence-electron chi connectivity index (χ3n) is 3.46. The predicted molar refractivity (Wildman–Crippen MR) is 99.4 cm³/mol. The van der Waals surface area contributed by atoms with Crippen molar-refractivity contribution in [3.63, 3.8) is 0 Å². The quantitative estimate of drug-likeness (QED) is 0.591. The van der Waals surface area contributed by atoms with Gasteiger partial charge in [-0.15, -0.1) is 11.3 Å². The molecule has 1 fully saturated rings. The highest BCUT2D eigenvalue weighted by atomic mass is 32.2. The van der Waals surface area contributed by atoms with Gasteiger partial charge >= 0.3 is 0 Å². The first-order chi connectivity index (χ1) is 10.8. The Bertz CT molecular complexity index is 617. The molecule has 0 aromatic carbocycles. The largest absolute Gasteiger partial charge is 0.352 e. The summed E-state index contributed by atoms with van der Waals surface area (Å²) < 4.78 is 0. The summed E-state index contributed by atoms with van der Waals surface area (Å²) in [5, 5.41) is 4.36. The molecule has 0 spiro atoms. The number of thioether (sulfide) groups is 1. The smallest absolute Gasteiger partial charge is 0.158 e. The monoisotopic (exact) mass is 337 g/mol. The van der Waals surface area contributed by atoms with E-state index in [9.17, 15) is 0 Å². The minimum absolute atomic E-state index is 0.974. The zero-order valence-corrected chi connectivity index (χ0v) is 15.2. The van der Waals surface area contributed by atoms with Crippen LogP contribution in [-0.4, -0.2) is 59.5 Å². The molecule has 5 nitrogen and oxygen atoms in total. The second-order valence-corrected chi connectivity index (χ2v) is 6.19. The summed E-state index contributed by atoms with van der Waals surface area (Å²) in [6.45, 7) is 7.93. The van der Waals surface area contributed by atoms with Gasteiger partial charge in [0.15, 0.2) is 5.17 Å². The van der Waals surface area contributed by atoms with Gasteiger partial charge in [-0.3, -0.25) is 4.99 Å². The topological polar surface area (TPSA) is 44.6 Å². The highest BCUT2D eigenvalue weighted by molar-refractivity contribution is 8.13. The number of aliphatic imine (C=N–C) groups is 1. The highest BCUT2D eigenvalue weighted by Gasteiger charge is 2.21. The van der Waals surface area contributed by atoms with Crippen LogP contribution in [0.5, 0.6) is 0 Å². The molecule has 1 aliphatic rings. The molecule has 1 saturated heterocycles. The normalized spacial score (nSPS) is 15.7. The second kappa shape index (κ2) is 8.33. The maximum atomic E-state index is 4.48. The van der Waals surface area contributed by atoms with E-state index in [4.69, 9.17) is 0 Å². The van der Waals surface area contributed by atoms with E-state index in [0.717, 1.165) is 42.0 Å². The lowest BCUT2D eigenvalue weighted by Gasteiger charge is -2.36. The zero-order chi connectivity index (χ0) is 15.9. The number of fused-ring (bicyclic) bond motifs is 1. The van der Waals surface area contributed by atoms with Crippen LogP contribution in [0.2, 0.25) is 0 Å². The van der Waals surface area contributed by atoms with Crippen molar-refractivity contribution in [1.82, 2.24) is 14.9 Å². The van der Waals surface area contributed by atoms with E-state index in [2.05, 4.69) is 42.5 Å². The molecule has 3 heterocycles. The summed E-state index contributed by atoms with van der Waals surface area (Å²) in [5.74, 6) is 1.06. The lowest BCUT2D eigenvalue weighted by atomic mass is 10.3. The van der Waals surface area contributed by atoms with E-state index in [1.807, 2.05) is 20.9 Å². The Morgan fingerprint density at radius 3 is 2.59 bits per heavy atom. The molecule has 0 aliphatic carbocycles. The molecule has 0 bridgehead atoms. The summed E-state index contributed by atoms with van der Waals surface area (Å²) in [7, 11) is 1.86. The minimum atomic E-state index is 0.974. The van der Waals surface area contributed by atoms with E-state index < -0.39 is 0 Å². The Balaban J connectivity index is 0.000000847. The van der Waals surface area contributed by atoms with Crippen molar-refractivity contribution in [2.24, 2.45) is 4.99 Å². The van der Waals surface area contributed by atoms with Gasteiger partial charge in [0.1, 0.15) is 17.0 Å². The molecule has 1 aliphatic heterocycles. The third-order valence-corrected chi connectivity index (χ3v) is 5.09. The standard InChI is InChI=1S/C13H17N5S2.C2H6/c1-14-13(19-2)18-6-4-17(5-7-18)11-10-3-8-20-12(10)16-9-15-11;1-2/h3,8-9H,4-7H2,1-2H3;1-2H3. The lowest BCUT2D eigenvalue weighted by Crippen LogP contribution is -2.48.